The van der Waals surface area contributed by atoms with Gasteiger partial charge >= 0.3 is 0 Å². The zero-order valence-electron chi connectivity index (χ0n) is 17.2. The van der Waals surface area contributed by atoms with E-state index in [1.54, 1.807) is 23.5 Å². The van der Waals surface area contributed by atoms with Gasteiger partial charge in [-0.3, -0.25) is 19.8 Å². The molecule has 3 aromatic rings. The summed E-state index contributed by atoms with van der Waals surface area (Å²) in [6.45, 7) is 4.99. The number of rotatable bonds is 6. The lowest BCUT2D eigenvalue weighted by Gasteiger charge is -2.36. The number of imide groups is 1. The first kappa shape index (κ1) is 20.2. The number of amides is 2. The lowest BCUT2D eigenvalue weighted by molar-refractivity contribution is 0.0879. The molecule has 5 nitrogen and oxygen atoms in total. The molecule has 2 aromatic carbocycles. The first-order chi connectivity index (χ1) is 15.1. The van der Waals surface area contributed by atoms with Gasteiger partial charge in [-0.25, -0.2) is 4.39 Å². The molecule has 0 unspecified atom stereocenters. The van der Waals surface area contributed by atoms with E-state index in [-0.39, 0.29) is 17.6 Å². The Morgan fingerprint density at radius 2 is 1.84 bits per heavy atom. The Kier molecular flexibility index (Phi) is 5.46. The number of halogens is 1. The summed E-state index contributed by atoms with van der Waals surface area (Å²) in [5.41, 5.74) is 3.24. The summed E-state index contributed by atoms with van der Waals surface area (Å²) in [5, 5.41) is 5.66. The highest BCUT2D eigenvalue weighted by Gasteiger charge is 2.28. The highest BCUT2D eigenvalue weighted by molar-refractivity contribution is 7.17. The van der Waals surface area contributed by atoms with Gasteiger partial charge < -0.3 is 4.90 Å². The lowest BCUT2D eigenvalue weighted by Crippen LogP contribution is -2.46. The number of fused-ring (bicyclic) bond motifs is 2. The molecule has 3 heterocycles. The van der Waals surface area contributed by atoms with E-state index in [1.807, 2.05) is 18.2 Å². The first-order valence-corrected chi connectivity index (χ1v) is 11.6. The zero-order chi connectivity index (χ0) is 21.4. The third-order valence-corrected chi connectivity index (χ3v) is 7.18. The van der Waals surface area contributed by atoms with Crippen molar-refractivity contribution in [1.29, 1.82) is 0 Å². The van der Waals surface area contributed by atoms with Gasteiger partial charge in [0, 0.05) is 41.6 Å². The summed E-state index contributed by atoms with van der Waals surface area (Å²) >= 11 is 1.60. The molecule has 1 aromatic heterocycles. The summed E-state index contributed by atoms with van der Waals surface area (Å²) in [4.78, 5) is 28.7. The maximum absolute atomic E-state index is 13.4. The number of hydrogen-bond donors (Lipinski definition) is 1. The Morgan fingerprint density at radius 3 is 2.68 bits per heavy atom. The Bertz CT molecular complexity index is 1150. The Labute approximate surface area is 184 Å². The van der Waals surface area contributed by atoms with E-state index in [0.717, 1.165) is 67.6 Å². The number of unbranched alkanes of at least 4 members (excludes halogenated alkanes) is 1. The highest BCUT2D eigenvalue weighted by Crippen LogP contribution is 2.34. The molecule has 2 amide bonds. The Morgan fingerprint density at radius 1 is 1.00 bits per heavy atom. The Balaban J connectivity index is 1.11. The van der Waals surface area contributed by atoms with Crippen LogP contribution in [0.15, 0.2) is 41.8 Å². The maximum atomic E-state index is 13.4. The van der Waals surface area contributed by atoms with Crippen LogP contribution < -0.4 is 10.2 Å². The van der Waals surface area contributed by atoms with E-state index < -0.39 is 0 Å². The molecule has 0 bridgehead atoms. The minimum absolute atomic E-state index is 0.182. The molecule has 2 aliphatic rings. The quantitative estimate of drug-likeness (QED) is 0.467. The van der Waals surface area contributed by atoms with Crippen LogP contribution in [0.1, 0.15) is 39.1 Å². The number of benzene rings is 2. The second kappa shape index (κ2) is 8.40. The summed E-state index contributed by atoms with van der Waals surface area (Å²) in [6, 6.07) is 10.6. The Hall–Kier alpha value is -2.77. The van der Waals surface area contributed by atoms with Gasteiger partial charge in [0.05, 0.1) is 16.8 Å². The van der Waals surface area contributed by atoms with Crippen LogP contribution in [0.4, 0.5) is 10.1 Å². The monoisotopic (exact) mass is 437 g/mol. The van der Waals surface area contributed by atoms with Gasteiger partial charge in [0.15, 0.2) is 0 Å². The smallest absolute Gasteiger partial charge is 0.259 e. The highest BCUT2D eigenvalue weighted by atomic mass is 32.1. The number of carbonyl (C=O) groups excluding carboxylic acids is 2. The molecule has 1 fully saturated rings. The van der Waals surface area contributed by atoms with Crippen LogP contribution in [0.2, 0.25) is 0 Å². The van der Waals surface area contributed by atoms with Crippen molar-refractivity contribution in [2.24, 2.45) is 0 Å². The minimum atomic E-state index is -0.289. The number of hydrogen-bond acceptors (Lipinski definition) is 5. The first-order valence-electron chi connectivity index (χ1n) is 10.7. The van der Waals surface area contributed by atoms with Crippen molar-refractivity contribution in [3.63, 3.8) is 0 Å². The number of thiophene rings is 1. The molecule has 0 radical (unpaired) electrons. The van der Waals surface area contributed by atoms with Crippen molar-refractivity contribution >= 4 is 38.9 Å². The number of aryl methyl sites for hydroxylation is 1. The van der Waals surface area contributed by atoms with Gasteiger partial charge in [-0.2, -0.15) is 0 Å². The van der Waals surface area contributed by atoms with Crippen LogP contribution in [0.3, 0.4) is 0 Å². The molecular weight excluding hydrogens is 413 g/mol. The van der Waals surface area contributed by atoms with Crippen LogP contribution >= 0.6 is 11.3 Å². The lowest BCUT2D eigenvalue weighted by atomic mass is 9.98. The molecule has 160 valence electrons. The van der Waals surface area contributed by atoms with E-state index in [1.165, 1.54) is 11.8 Å². The van der Waals surface area contributed by atoms with Crippen molar-refractivity contribution in [2.75, 3.05) is 37.6 Å². The maximum Gasteiger partial charge on any atom is 0.259 e. The molecule has 5 rings (SSSR count). The number of piperazine rings is 1. The molecule has 0 aliphatic carbocycles. The normalized spacial score (nSPS) is 16.7. The molecule has 0 saturated carbocycles. The summed E-state index contributed by atoms with van der Waals surface area (Å²) in [7, 11) is 0. The molecule has 7 heteroatoms. The molecule has 1 saturated heterocycles. The molecule has 1 N–H and O–H groups in total. The second-order valence-corrected chi connectivity index (χ2v) is 9.08. The van der Waals surface area contributed by atoms with Crippen molar-refractivity contribution in [3.8, 4) is 0 Å². The van der Waals surface area contributed by atoms with E-state index >= 15 is 0 Å². The predicted molar refractivity (Wildman–Crippen MR) is 122 cm³/mol. The van der Waals surface area contributed by atoms with Gasteiger partial charge in [0.2, 0.25) is 0 Å². The van der Waals surface area contributed by atoms with E-state index in [9.17, 15) is 14.0 Å². The molecular formula is C24H24FN3O2S. The van der Waals surface area contributed by atoms with E-state index in [0.29, 0.717) is 11.1 Å². The fraction of sp³-hybridized carbons (Fsp3) is 0.333. The average molecular weight is 438 g/mol. The van der Waals surface area contributed by atoms with Gasteiger partial charge in [0.25, 0.3) is 11.8 Å². The minimum Gasteiger partial charge on any atom is -0.368 e. The number of nitrogens with one attached hydrogen (secondary N) is 1. The summed E-state index contributed by atoms with van der Waals surface area (Å²) < 4.78 is 14.4. The van der Waals surface area contributed by atoms with E-state index in [2.05, 4.69) is 20.5 Å². The van der Waals surface area contributed by atoms with Crippen molar-refractivity contribution in [1.82, 2.24) is 10.2 Å². The third-order valence-electron chi connectivity index (χ3n) is 6.25. The average Bonchev–Trinajstić information content (AvgIpc) is 3.32. The standard InChI is InChI=1S/C24H24FN3O2S/c25-17-7-8-18-20(15-31-21(18)14-17)28-12-10-27(11-13-28)9-2-1-4-16-5-3-6-19-22(16)24(30)26-23(19)29/h3,5-8,14-15H,1-2,4,9-13H2,(H,26,29,30). The van der Waals surface area contributed by atoms with Gasteiger partial charge in [-0.05, 0) is 55.6 Å². The van der Waals surface area contributed by atoms with Crippen LogP contribution in [0.5, 0.6) is 0 Å². The third kappa shape index (κ3) is 3.95. The largest absolute Gasteiger partial charge is 0.368 e. The van der Waals surface area contributed by atoms with Crippen LogP contribution in [0.25, 0.3) is 10.1 Å². The SMILES string of the molecule is O=C1NC(=O)c2c(CCCCN3CCN(c4csc5cc(F)ccc45)CC3)cccc21. The van der Waals surface area contributed by atoms with Crippen molar-refractivity contribution in [2.45, 2.75) is 19.3 Å². The zero-order valence-corrected chi connectivity index (χ0v) is 18.0. The fourth-order valence-corrected chi connectivity index (χ4v) is 5.59. The van der Waals surface area contributed by atoms with Crippen LogP contribution in [-0.2, 0) is 6.42 Å². The fourth-order valence-electron chi connectivity index (χ4n) is 4.59. The van der Waals surface area contributed by atoms with Crippen molar-refractivity contribution in [3.05, 3.63) is 64.3 Å². The summed E-state index contributed by atoms with van der Waals surface area (Å²) in [5.74, 6) is -0.739. The second-order valence-electron chi connectivity index (χ2n) is 8.17. The van der Waals surface area contributed by atoms with Crippen LogP contribution in [-0.4, -0.2) is 49.4 Å². The predicted octanol–water partition coefficient (Wildman–Crippen LogP) is 4.07. The summed E-state index contributed by atoms with van der Waals surface area (Å²) in [6.07, 6.45) is 2.85. The molecule has 0 spiro atoms. The van der Waals surface area contributed by atoms with E-state index in [4.69, 9.17) is 0 Å². The topological polar surface area (TPSA) is 52.7 Å². The number of carbonyl (C=O) groups is 2. The van der Waals surface area contributed by atoms with Crippen LogP contribution in [0, 0.1) is 5.82 Å². The molecule has 2 aliphatic heterocycles. The molecule has 31 heavy (non-hydrogen) atoms. The van der Waals surface area contributed by atoms with Crippen molar-refractivity contribution < 1.29 is 14.0 Å². The van der Waals surface area contributed by atoms with Gasteiger partial charge in [0.1, 0.15) is 5.82 Å². The molecule has 0 atom stereocenters. The number of nitrogens with zero attached hydrogens (tertiary/aromatic N) is 2. The number of anilines is 1. The van der Waals surface area contributed by atoms with Gasteiger partial charge in [-0.15, -0.1) is 11.3 Å². The van der Waals surface area contributed by atoms with Gasteiger partial charge in [-0.1, -0.05) is 12.1 Å².